The molecule has 1 atom stereocenters. The zero-order valence-corrected chi connectivity index (χ0v) is 13.2. The van der Waals surface area contributed by atoms with E-state index in [-0.39, 0.29) is 17.8 Å². The Labute approximate surface area is 134 Å². The van der Waals surface area contributed by atoms with Crippen molar-refractivity contribution < 1.29 is 13.9 Å². The number of anilines is 2. The van der Waals surface area contributed by atoms with Crippen LogP contribution in [-0.4, -0.2) is 18.7 Å². The number of hydrogen-bond donors (Lipinski definition) is 1. The lowest BCUT2D eigenvalue weighted by Gasteiger charge is -2.34. The van der Waals surface area contributed by atoms with Gasteiger partial charge < -0.3 is 10.1 Å². The Morgan fingerprint density at radius 2 is 2.13 bits per heavy atom. The quantitative estimate of drug-likeness (QED) is 0.895. The van der Waals surface area contributed by atoms with Gasteiger partial charge in [0.1, 0.15) is 17.7 Å². The summed E-state index contributed by atoms with van der Waals surface area (Å²) in [5.41, 5.74) is 1.92. The van der Waals surface area contributed by atoms with Gasteiger partial charge in [-0.1, -0.05) is 25.1 Å². The highest BCUT2D eigenvalue weighted by Crippen LogP contribution is 2.35. The molecule has 4 nitrogen and oxygen atoms in total. The second kappa shape index (κ2) is 6.28. The number of urea groups is 1. The predicted octanol–water partition coefficient (Wildman–Crippen LogP) is 4.34. The van der Waals surface area contributed by atoms with Crippen LogP contribution in [0.5, 0.6) is 5.75 Å². The third-order valence-corrected chi connectivity index (χ3v) is 3.90. The van der Waals surface area contributed by atoms with E-state index in [2.05, 4.69) is 5.32 Å². The van der Waals surface area contributed by atoms with E-state index in [1.54, 1.807) is 23.1 Å². The molecule has 3 rings (SSSR count). The summed E-state index contributed by atoms with van der Waals surface area (Å²) in [6.07, 6.45) is 0.716. The number of halogens is 1. The standard InChI is InChI=1S/C18H19FN2O2/c1-3-13-11-21(16-10-12(2)8-9-17(16)23-13)18(22)20-15-7-5-4-6-14(15)19/h4-10,13H,3,11H2,1-2H3,(H,20,22)/t13-/m1/s1. The normalized spacial score (nSPS) is 16.5. The number of carbonyl (C=O) groups is 1. The van der Waals surface area contributed by atoms with Gasteiger partial charge >= 0.3 is 6.03 Å². The molecule has 0 unspecified atom stereocenters. The molecular formula is C18H19FN2O2. The fraction of sp³-hybridized carbons (Fsp3) is 0.278. The van der Waals surface area contributed by atoms with E-state index in [9.17, 15) is 9.18 Å². The van der Waals surface area contributed by atoms with Crippen LogP contribution in [0.1, 0.15) is 18.9 Å². The Hall–Kier alpha value is -2.56. The second-order valence-electron chi connectivity index (χ2n) is 5.64. The summed E-state index contributed by atoms with van der Waals surface area (Å²) in [7, 11) is 0. The Morgan fingerprint density at radius 1 is 1.35 bits per heavy atom. The van der Waals surface area contributed by atoms with E-state index < -0.39 is 5.82 Å². The molecule has 23 heavy (non-hydrogen) atoms. The van der Waals surface area contributed by atoms with Crippen LogP contribution in [0.15, 0.2) is 42.5 Å². The van der Waals surface area contributed by atoms with E-state index in [0.717, 1.165) is 12.0 Å². The van der Waals surface area contributed by atoms with E-state index in [4.69, 9.17) is 4.74 Å². The summed E-state index contributed by atoms with van der Waals surface area (Å²) < 4.78 is 19.7. The zero-order valence-electron chi connectivity index (χ0n) is 13.2. The van der Waals surface area contributed by atoms with Gasteiger partial charge in [0.25, 0.3) is 0 Å². The van der Waals surface area contributed by atoms with Gasteiger partial charge in [-0.25, -0.2) is 9.18 Å². The van der Waals surface area contributed by atoms with Gasteiger partial charge in [0, 0.05) is 0 Å². The van der Waals surface area contributed by atoms with Crippen molar-refractivity contribution in [2.45, 2.75) is 26.4 Å². The third kappa shape index (κ3) is 3.13. The molecule has 1 aliphatic heterocycles. The first kappa shape index (κ1) is 15.3. The SMILES string of the molecule is CC[C@@H]1CN(C(=O)Nc2ccccc2F)c2cc(C)ccc2O1. The van der Waals surface area contributed by atoms with Crippen LogP contribution >= 0.6 is 0 Å². The van der Waals surface area contributed by atoms with Gasteiger partial charge in [-0.05, 0) is 43.2 Å². The summed E-state index contributed by atoms with van der Waals surface area (Å²) in [4.78, 5) is 14.3. The van der Waals surface area contributed by atoms with Gasteiger partial charge in [-0.3, -0.25) is 4.90 Å². The van der Waals surface area contributed by atoms with Crippen LogP contribution in [0.2, 0.25) is 0 Å². The summed E-state index contributed by atoms with van der Waals surface area (Å²) in [6, 6.07) is 11.5. The molecule has 1 aliphatic rings. The molecule has 2 aromatic carbocycles. The molecule has 120 valence electrons. The number of fused-ring (bicyclic) bond motifs is 1. The fourth-order valence-corrected chi connectivity index (χ4v) is 2.61. The first-order chi connectivity index (χ1) is 11.1. The molecule has 0 bridgehead atoms. The Kier molecular flexibility index (Phi) is 4.19. The van der Waals surface area contributed by atoms with Crippen LogP contribution in [0.4, 0.5) is 20.6 Å². The van der Waals surface area contributed by atoms with E-state index in [1.165, 1.54) is 6.07 Å². The zero-order chi connectivity index (χ0) is 16.4. The van der Waals surface area contributed by atoms with Gasteiger partial charge in [-0.15, -0.1) is 0 Å². The van der Waals surface area contributed by atoms with Crippen LogP contribution in [0, 0.1) is 12.7 Å². The first-order valence-corrected chi connectivity index (χ1v) is 7.69. The van der Waals surface area contributed by atoms with Crippen molar-refractivity contribution >= 4 is 17.4 Å². The fourth-order valence-electron chi connectivity index (χ4n) is 2.61. The van der Waals surface area contributed by atoms with E-state index >= 15 is 0 Å². The Balaban J connectivity index is 1.90. The highest BCUT2D eigenvalue weighted by atomic mass is 19.1. The van der Waals surface area contributed by atoms with E-state index in [1.807, 2.05) is 32.0 Å². The van der Waals surface area contributed by atoms with Crippen LogP contribution in [0.25, 0.3) is 0 Å². The minimum Gasteiger partial charge on any atom is -0.486 e. The number of hydrogen-bond acceptors (Lipinski definition) is 2. The Bertz CT molecular complexity index is 733. The topological polar surface area (TPSA) is 41.6 Å². The van der Waals surface area contributed by atoms with Crippen molar-refractivity contribution in [2.75, 3.05) is 16.8 Å². The molecule has 5 heteroatoms. The van der Waals surface area contributed by atoms with Crippen molar-refractivity contribution in [3.05, 3.63) is 53.8 Å². The summed E-state index contributed by atoms with van der Waals surface area (Å²) in [5, 5.41) is 2.64. The molecule has 0 aliphatic carbocycles. The average Bonchev–Trinajstić information content (AvgIpc) is 2.56. The summed E-state index contributed by atoms with van der Waals surface area (Å²) in [6.45, 7) is 4.41. The molecule has 0 spiro atoms. The maximum atomic E-state index is 13.8. The van der Waals surface area contributed by atoms with Gasteiger partial charge in [-0.2, -0.15) is 0 Å². The van der Waals surface area contributed by atoms with Crippen molar-refractivity contribution in [3.63, 3.8) is 0 Å². The summed E-state index contributed by atoms with van der Waals surface area (Å²) in [5.74, 6) is 0.225. The maximum Gasteiger partial charge on any atom is 0.326 e. The summed E-state index contributed by atoms with van der Waals surface area (Å²) >= 11 is 0. The molecule has 2 amide bonds. The maximum absolute atomic E-state index is 13.8. The number of aryl methyl sites for hydroxylation is 1. The van der Waals surface area contributed by atoms with Crippen LogP contribution in [-0.2, 0) is 0 Å². The first-order valence-electron chi connectivity index (χ1n) is 7.69. The number of carbonyl (C=O) groups excluding carboxylic acids is 1. The van der Waals surface area contributed by atoms with Gasteiger partial charge in [0.15, 0.2) is 0 Å². The molecule has 0 aromatic heterocycles. The lowest BCUT2D eigenvalue weighted by molar-refractivity contribution is 0.188. The number of rotatable bonds is 2. The largest absolute Gasteiger partial charge is 0.486 e. The minimum atomic E-state index is -0.453. The molecule has 0 saturated heterocycles. The molecule has 0 saturated carbocycles. The Morgan fingerprint density at radius 3 is 2.87 bits per heavy atom. The number of amides is 2. The number of benzene rings is 2. The number of nitrogens with zero attached hydrogens (tertiary/aromatic N) is 1. The molecule has 1 heterocycles. The number of nitrogens with one attached hydrogen (secondary N) is 1. The van der Waals surface area contributed by atoms with Crippen molar-refractivity contribution in [2.24, 2.45) is 0 Å². The lowest BCUT2D eigenvalue weighted by atomic mass is 10.1. The predicted molar refractivity (Wildman–Crippen MR) is 88.7 cm³/mol. The smallest absolute Gasteiger partial charge is 0.326 e. The minimum absolute atomic E-state index is 0.0726. The number of ether oxygens (including phenoxy) is 1. The average molecular weight is 314 g/mol. The lowest BCUT2D eigenvalue weighted by Crippen LogP contribution is -2.45. The van der Waals surface area contributed by atoms with Crippen molar-refractivity contribution in [1.82, 2.24) is 0 Å². The third-order valence-electron chi connectivity index (χ3n) is 3.90. The second-order valence-corrected chi connectivity index (χ2v) is 5.64. The van der Waals surface area contributed by atoms with Crippen molar-refractivity contribution in [1.29, 1.82) is 0 Å². The van der Waals surface area contributed by atoms with E-state index in [0.29, 0.717) is 18.0 Å². The molecule has 0 radical (unpaired) electrons. The molecule has 0 fully saturated rings. The molecule has 1 N–H and O–H groups in total. The highest BCUT2D eigenvalue weighted by molar-refractivity contribution is 6.03. The highest BCUT2D eigenvalue weighted by Gasteiger charge is 2.29. The van der Waals surface area contributed by atoms with Crippen LogP contribution < -0.4 is 15.0 Å². The van der Waals surface area contributed by atoms with Crippen LogP contribution in [0.3, 0.4) is 0 Å². The van der Waals surface area contributed by atoms with Crippen molar-refractivity contribution in [3.8, 4) is 5.75 Å². The molecule has 2 aromatic rings. The van der Waals surface area contributed by atoms with Gasteiger partial charge in [0.2, 0.25) is 0 Å². The molecular weight excluding hydrogens is 295 g/mol. The number of para-hydroxylation sites is 1. The van der Waals surface area contributed by atoms with Gasteiger partial charge in [0.05, 0.1) is 17.9 Å². The monoisotopic (exact) mass is 314 g/mol.